The molecule has 0 bridgehead atoms. The Labute approximate surface area is 224 Å². The van der Waals surface area contributed by atoms with Gasteiger partial charge in [0.1, 0.15) is 5.75 Å². The zero-order valence-electron chi connectivity index (χ0n) is 14.9. The van der Waals surface area contributed by atoms with Gasteiger partial charge in [0.15, 0.2) is 10.1 Å². The predicted molar refractivity (Wildman–Crippen MR) is 134 cm³/mol. The molecule has 0 unspecified atom stereocenters. The van der Waals surface area contributed by atoms with Crippen LogP contribution < -0.4 is 23.6 Å². The van der Waals surface area contributed by atoms with Crippen molar-refractivity contribution in [2.45, 2.75) is 77.5 Å². The number of rotatable bonds is 7. The molecule has 12 heteroatoms. The van der Waals surface area contributed by atoms with Crippen LogP contribution in [0.2, 0.25) is 0 Å². The molecular weight excluding hydrogens is 507 g/mol. The van der Waals surface area contributed by atoms with Crippen molar-refractivity contribution in [3.05, 3.63) is 48.0 Å². The number of alkyl halides is 4. The molecule has 0 saturated heterocycles. The molecule has 34 heavy (non-hydrogen) atoms. The van der Waals surface area contributed by atoms with Crippen LogP contribution in [-0.2, 0) is 10.1 Å². The van der Waals surface area contributed by atoms with E-state index in [2.05, 4.69) is 4.74 Å². The molecule has 4 nitrogen and oxygen atoms in total. The van der Waals surface area contributed by atoms with Crippen molar-refractivity contribution in [3.63, 3.8) is 0 Å². The van der Waals surface area contributed by atoms with Gasteiger partial charge < -0.3 is 9.29 Å². The second kappa shape index (κ2) is 17.6. The van der Waals surface area contributed by atoms with E-state index in [0.717, 1.165) is 22.7 Å². The van der Waals surface area contributed by atoms with E-state index in [9.17, 15) is 30.5 Å². The Morgan fingerprint density at radius 2 is 1.29 bits per heavy atom. The van der Waals surface area contributed by atoms with Gasteiger partial charge in [-0.1, -0.05) is 62.4 Å². The Hall–Kier alpha value is -0.833. The van der Waals surface area contributed by atoms with E-state index in [4.69, 9.17) is 0 Å². The summed E-state index contributed by atoms with van der Waals surface area (Å²) in [5, 5.41) is -5.92. The summed E-state index contributed by atoms with van der Waals surface area (Å²) in [4.78, 5) is 1.64. The van der Waals surface area contributed by atoms with Gasteiger partial charge in [-0.05, 0) is 55.1 Å². The maximum absolute atomic E-state index is 13.8. The predicted octanol–water partition coefficient (Wildman–Crippen LogP) is 5.80. The van der Waals surface area contributed by atoms with Crippen molar-refractivity contribution < 1.29 is 54.1 Å². The molecule has 196 valence electrons. The second-order valence-electron chi connectivity index (χ2n) is 5.32. The molecule has 0 fully saturated rings. The van der Waals surface area contributed by atoms with Crippen LogP contribution in [0.3, 0.4) is 0 Å². The number of benzene rings is 2. The molecule has 0 aliphatic rings. The van der Waals surface area contributed by atoms with Crippen LogP contribution in [0.5, 0.6) is 5.75 Å². The largest absolute Gasteiger partial charge is 1.00 e. The van der Waals surface area contributed by atoms with Crippen LogP contribution in [0.15, 0.2) is 57.2 Å². The van der Waals surface area contributed by atoms with Gasteiger partial charge in [0.05, 0.1) is 4.90 Å². The minimum atomic E-state index is -6.64. The average Bonchev–Trinajstić information content (AvgIpc) is 2.56. The molecule has 0 heterocycles. The first-order valence-corrected chi connectivity index (χ1v) is 10.6. The molecule has 0 saturated carbocycles. The minimum absolute atomic E-state index is 0. The van der Waals surface area contributed by atoms with Crippen molar-refractivity contribution in [2.24, 2.45) is 0 Å². The Morgan fingerprint density at radius 1 is 0.853 bits per heavy atom. The third kappa shape index (κ3) is 10.8. The van der Waals surface area contributed by atoms with Crippen molar-refractivity contribution in [1.82, 2.24) is 0 Å². The van der Waals surface area contributed by atoms with Gasteiger partial charge in [-0.25, -0.2) is 8.42 Å². The molecule has 2 aromatic rings. The molecule has 2 aromatic carbocycles. The van der Waals surface area contributed by atoms with Gasteiger partial charge in [-0.2, -0.15) is 17.6 Å². The van der Waals surface area contributed by atoms with Gasteiger partial charge >= 0.3 is 30.2 Å². The fraction of sp³-hybridized carbons (Fsp3) is 0.455. The molecule has 0 aliphatic carbocycles. The fourth-order valence-electron chi connectivity index (χ4n) is 1.89. The van der Waals surface area contributed by atoms with Crippen molar-refractivity contribution in [2.75, 3.05) is 6.26 Å². The molecule has 0 aromatic heterocycles. The van der Waals surface area contributed by atoms with Gasteiger partial charge in [-0.3, -0.25) is 0 Å². The molecule has 0 N–H and O–H groups in total. The first kappa shape index (κ1) is 46.5. The van der Waals surface area contributed by atoms with E-state index in [1.54, 1.807) is 30.3 Å². The number of ether oxygens (including phenoxy) is 1. The Kier molecular flexibility index (Phi) is 24.0. The number of hydrogen-bond donors (Lipinski definition) is 0. The maximum Gasteiger partial charge on any atom is 1.00 e. The van der Waals surface area contributed by atoms with E-state index >= 15 is 0 Å². The molecule has 0 atom stereocenters. The van der Waals surface area contributed by atoms with Crippen LogP contribution in [0.4, 0.5) is 17.6 Å². The first-order chi connectivity index (χ1) is 12.4. The molecule has 0 radical (unpaired) electrons. The number of thioether (sulfide) groups is 1. The average molecular weight is 545 g/mol. The van der Waals surface area contributed by atoms with Crippen molar-refractivity contribution >= 4 is 33.6 Å². The summed E-state index contributed by atoms with van der Waals surface area (Å²) < 4.78 is 89.8. The molecular formula is C22H37F4LiO4S3. The maximum atomic E-state index is 13.8. The normalized spacial score (nSPS) is 10.2. The molecule has 2 rings (SSSR count). The topological polar surface area (TPSA) is 66.4 Å². The summed E-state index contributed by atoms with van der Waals surface area (Å²) in [5.74, 6) is -0.665. The SMILES string of the molecule is C.C.C.C.C.C.CSc1ccc(Sc2ccc(C)cc2OC(F)(F)C(F)(F)S(=O)(=O)[O-])cc1.[Li+]. The summed E-state index contributed by atoms with van der Waals surface area (Å²) in [5.41, 5.74) is 0.413. The minimum Gasteiger partial charge on any atom is -0.743 e. The van der Waals surface area contributed by atoms with Crippen molar-refractivity contribution in [1.29, 1.82) is 0 Å². The summed E-state index contributed by atoms with van der Waals surface area (Å²) >= 11 is 2.46. The van der Waals surface area contributed by atoms with Crippen LogP contribution in [0.1, 0.15) is 50.1 Å². The Morgan fingerprint density at radius 3 is 1.71 bits per heavy atom. The number of aryl methyl sites for hydroxylation is 1. The van der Waals surface area contributed by atoms with E-state index in [1.807, 2.05) is 6.26 Å². The van der Waals surface area contributed by atoms with Crippen LogP contribution in [0, 0.1) is 6.92 Å². The monoisotopic (exact) mass is 544 g/mol. The van der Waals surface area contributed by atoms with Gasteiger partial charge in [0.25, 0.3) is 0 Å². The van der Waals surface area contributed by atoms with E-state index < -0.39 is 27.2 Å². The standard InChI is InChI=1S/C16H14F4O4S3.6CH4.Li/c1-10-3-8-14(26-12-6-4-11(25-2)5-7-12)13(9-10)24-15(17,18)16(19,20)27(21,22)23;;;;;;;/h3-9H,1-2H3,(H,21,22,23);6*1H4;/q;;;;;;;+1/p-1. The summed E-state index contributed by atoms with van der Waals surface area (Å²) in [6, 6.07) is 11.0. The first-order valence-electron chi connectivity index (χ1n) is 7.20. The summed E-state index contributed by atoms with van der Waals surface area (Å²) in [6.07, 6.45) is -3.67. The number of halogens is 4. The van der Waals surface area contributed by atoms with Crippen molar-refractivity contribution in [3.8, 4) is 5.75 Å². The van der Waals surface area contributed by atoms with E-state index in [1.165, 1.54) is 24.8 Å². The molecule has 0 spiro atoms. The summed E-state index contributed by atoms with van der Waals surface area (Å²) in [7, 11) is -6.64. The zero-order chi connectivity index (χ0) is 20.5. The van der Waals surface area contributed by atoms with E-state index in [0.29, 0.717) is 10.5 Å². The second-order valence-corrected chi connectivity index (χ2v) is 8.73. The Balaban J connectivity index is -0.000000280. The van der Waals surface area contributed by atoms with E-state index in [-0.39, 0.29) is 68.3 Å². The molecule has 0 aliphatic heterocycles. The van der Waals surface area contributed by atoms with Gasteiger partial charge in [0.2, 0.25) is 0 Å². The zero-order valence-corrected chi connectivity index (χ0v) is 17.4. The number of hydrogen-bond acceptors (Lipinski definition) is 6. The fourth-order valence-corrected chi connectivity index (χ4v) is 3.50. The quantitative estimate of drug-likeness (QED) is 0.190. The smallest absolute Gasteiger partial charge is 0.743 e. The van der Waals surface area contributed by atoms with Crippen LogP contribution in [0.25, 0.3) is 0 Å². The van der Waals surface area contributed by atoms with Crippen LogP contribution >= 0.6 is 23.5 Å². The van der Waals surface area contributed by atoms with Gasteiger partial charge in [-0.15, -0.1) is 11.8 Å². The third-order valence-electron chi connectivity index (χ3n) is 3.28. The molecule has 0 amide bonds. The summed E-state index contributed by atoms with van der Waals surface area (Å²) in [6.45, 7) is 1.51. The van der Waals surface area contributed by atoms with Gasteiger partial charge in [0, 0.05) is 9.79 Å². The third-order valence-corrected chi connectivity index (χ3v) is 5.95. The Bertz CT molecular complexity index is 926. The van der Waals surface area contributed by atoms with Crippen LogP contribution in [-0.4, -0.2) is 30.6 Å².